The SMILES string of the molecule is CC(OC(=O)CCC(=O)O[Si](C)(C)C)C(=O)O[Si](C)(C)C. The molecule has 0 aromatic rings. The highest BCUT2D eigenvalue weighted by Gasteiger charge is 2.26. The predicted molar refractivity (Wildman–Crippen MR) is 83.7 cm³/mol. The van der Waals surface area contributed by atoms with Gasteiger partial charge in [-0.05, 0) is 46.2 Å². The lowest BCUT2D eigenvalue weighted by Crippen LogP contribution is -2.36. The number of esters is 1. The van der Waals surface area contributed by atoms with Crippen LogP contribution in [0.4, 0.5) is 0 Å². The van der Waals surface area contributed by atoms with Gasteiger partial charge in [0.05, 0.1) is 12.8 Å². The van der Waals surface area contributed by atoms with Gasteiger partial charge in [0, 0.05) is 0 Å². The molecular weight excluding hydrogens is 308 g/mol. The van der Waals surface area contributed by atoms with Crippen LogP contribution in [-0.4, -0.2) is 40.6 Å². The molecule has 0 fully saturated rings. The van der Waals surface area contributed by atoms with Crippen LogP contribution >= 0.6 is 0 Å². The van der Waals surface area contributed by atoms with E-state index in [1.165, 1.54) is 6.92 Å². The van der Waals surface area contributed by atoms with E-state index in [0.717, 1.165) is 0 Å². The summed E-state index contributed by atoms with van der Waals surface area (Å²) in [6, 6.07) is 0. The van der Waals surface area contributed by atoms with Crippen molar-refractivity contribution in [2.24, 2.45) is 0 Å². The molecular formula is C13H26O6Si2. The molecule has 0 saturated heterocycles. The summed E-state index contributed by atoms with van der Waals surface area (Å²) in [5, 5.41) is 0. The summed E-state index contributed by atoms with van der Waals surface area (Å²) < 4.78 is 15.4. The molecule has 0 spiro atoms. The lowest BCUT2D eigenvalue weighted by molar-refractivity contribution is -0.162. The zero-order chi connectivity index (χ0) is 16.8. The number of carbonyl (C=O) groups excluding carboxylic acids is 3. The zero-order valence-electron chi connectivity index (χ0n) is 13.9. The highest BCUT2D eigenvalue weighted by Crippen LogP contribution is 2.09. The van der Waals surface area contributed by atoms with Crippen molar-refractivity contribution in [2.45, 2.75) is 65.2 Å². The van der Waals surface area contributed by atoms with Crippen LogP contribution in [0.2, 0.25) is 39.3 Å². The van der Waals surface area contributed by atoms with Crippen molar-refractivity contribution in [2.75, 3.05) is 0 Å². The Morgan fingerprint density at radius 2 is 1.24 bits per heavy atom. The molecule has 0 rings (SSSR count). The van der Waals surface area contributed by atoms with E-state index in [1.54, 1.807) is 0 Å². The second-order valence-electron chi connectivity index (χ2n) is 6.75. The molecule has 8 heteroatoms. The second-order valence-corrected chi connectivity index (χ2v) is 15.6. The topological polar surface area (TPSA) is 78.9 Å². The van der Waals surface area contributed by atoms with Crippen molar-refractivity contribution < 1.29 is 28.0 Å². The number of ether oxygens (including phenoxy) is 1. The third kappa shape index (κ3) is 11.2. The molecule has 0 heterocycles. The van der Waals surface area contributed by atoms with Gasteiger partial charge >= 0.3 is 11.9 Å². The van der Waals surface area contributed by atoms with Gasteiger partial charge in [-0.15, -0.1) is 0 Å². The second kappa shape index (κ2) is 7.74. The fourth-order valence-electron chi connectivity index (χ4n) is 1.29. The van der Waals surface area contributed by atoms with Crippen LogP contribution in [0.25, 0.3) is 0 Å². The Morgan fingerprint density at radius 1 is 0.810 bits per heavy atom. The molecule has 21 heavy (non-hydrogen) atoms. The third-order valence-corrected chi connectivity index (χ3v) is 3.65. The molecule has 1 atom stereocenters. The normalized spacial score (nSPS) is 13.3. The Bertz CT molecular complexity index is 394. The third-order valence-electron chi connectivity index (χ3n) is 2.00. The molecule has 0 aliphatic carbocycles. The highest BCUT2D eigenvalue weighted by atomic mass is 28.4. The minimum atomic E-state index is -2.01. The van der Waals surface area contributed by atoms with E-state index >= 15 is 0 Å². The quantitative estimate of drug-likeness (QED) is 0.525. The molecule has 122 valence electrons. The minimum Gasteiger partial charge on any atom is -0.520 e. The standard InChI is InChI=1S/C13H26O6Si2/c1-10(13(16)19-21(5,6)7)17-11(14)8-9-12(15)18-20(2,3)4/h10H,8-9H2,1-7H3. The van der Waals surface area contributed by atoms with Crippen molar-refractivity contribution >= 4 is 34.5 Å². The maximum atomic E-state index is 11.7. The summed E-state index contributed by atoms with van der Waals surface area (Å²) >= 11 is 0. The molecule has 0 radical (unpaired) electrons. The summed E-state index contributed by atoms with van der Waals surface area (Å²) in [5.41, 5.74) is 0. The van der Waals surface area contributed by atoms with Gasteiger partial charge in [0.25, 0.3) is 5.97 Å². The molecule has 0 aliphatic rings. The van der Waals surface area contributed by atoms with Gasteiger partial charge in [0.1, 0.15) is 0 Å². The Hall–Kier alpha value is -1.16. The van der Waals surface area contributed by atoms with Gasteiger partial charge in [-0.2, -0.15) is 0 Å². The number of hydrogen-bond acceptors (Lipinski definition) is 6. The molecule has 0 aromatic heterocycles. The van der Waals surface area contributed by atoms with Crippen LogP contribution < -0.4 is 0 Å². The molecule has 0 amide bonds. The first-order valence-corrected chi connectivity index (χ1v) is 13.8. The molecule has 0 aliphatic heterocycles. The van der Waals surface area contributed by atoms with Crippen LogP contribution in [-0.2, 0) is 28.0 Å². The minimum absolute atomic E-state index is 0.0428. The van der Waals surface area contributed by atoms with E-state index in [9.17, 15) is 14.4 Å². The summed E-state index contributed by atoms with van der Waals surface area (Å²) in [6.07, 6.45) is -1.11. The zero-order valence-corrected chi connectivity index (χ0v) is 15.9. The maximum absolute atomic E-state index is 11.7. The Morgan fingerprint density at radius 3 is 1.67 bits per heavy atom. The van der Waals surface area contributed by atoms with E-state index in [1.807, 2.05) is 39.3 Å². The van der Waals surface area contributed by atoms with E-state index in [-0.39, 0.29) is 12.8 Å². The number of rotatable bonds is 7. The van der Waals surface area contributed by atoms with Crippen molar-refractivity contribution in [3.63, 3.8) is 0 Å². The largest absolute Gasteiger partial charge is 0.520 e. The smallest absolute Gasteiger partial charge is 0.333 e. The van der Waals surface area contributed by atoms with Crippen LogP contribution in [0, 0.1) is 0 Å². The van der Waals surface area contributed by atoms with Crippen molar-refractivity contribution in [3.05, 3.63) is 0 Å². The maximum Gasteiger partial charge on any atom is 0.333 e. The first kappa shape index (κ1) is 19.8. The molecule has 6 nitrogen and oxygen atoms in total. The van der Waals surface area contributed by atoms with Crippen LogP contribution in [0.5, 0.6) is 0 Å². The lowest BCUT2D eigenvalue weighted by atomic mass is 10.3. The predicted octanol–water partition coefficient (Wildman–Crippen LogP) is 2.45. The summed E-state index contributed by atoms with van der Waals surface area (Å²) in [5.74, 6) is -1.57. The first-order valence-electron chi connectivity index (χ1n) is 6.94. The molecule has 1 unspecified atom stereocenters. The highest BCUT2D eigenvalue weighted by molar-refractivity contribution is 6.71. The number of hydrogen-bond donors (Lipinski definition) is 0. The molecule has 0 aromatic carbocycles. The van der Waals surface area contributed by atoms with Crippen LogP contribution in [0.1, 0.15) is 19.8 Å². The van der Waals surface area contributed by atoms with Crippen molar-refractivity contribution in [1.29, 1.82) is 0 Å². The fourth-order valence-corrected chi connectivity index (χ4v) is 2.84. The van der Waals surface area contributed by atoms with Gasteiger partial charge in [-0.3, -0.25) is 9.59 Å². The van der Waals surface area contributed by atoms with E-state index < -0.39 is 40.6 Å². The van der Waals surface area contributed by atoms with E-state index in [2.05, 4.69) is 0 Å². The molecule has 0 N–H and O–H groups in total. The average molecular weight is 335 g/mol. The van der Waals surface area contributed by atoms with Crippen LogP contribution in [0.3, 0.4) is 0 Å². The summed E-state index contributed by atoms with van der Waals surface area (Å²) in [6.45, 7) is 12.7. The summed E-state index contributed by atoms with van der Waals surface area (Å²) in [7, 11) is -3.95. The van der Waals surface area contributed by atoms with E-state index in [0.29, 0.717) is 0 Å². The summed E-state index contributed by atoms with van der Waals surface area (Å²) in [4.78, 5) is 34.7. The van der Waals surface area contributed by atoms with Gasteiger partial charge in [-0.25, -0.2) is 4.79 Å². The Balaban J connectivity index is 4.15. The van der Waals surface area contributed by atoms with Gasteiger partial charge in [0.15, 0.2) is 6.10 Å². The lowest BCUT2D eigenvalue weighted by Gasteiger charge is -2.20. The molecule has 0 saturated carbocycles. The Labute approximate surface area is 128 Å². The fraction of sp³-hybridized carbons (Fsp3) is 0.769. The van der Waals surface area contributed by atoms with Gasteiger partial charge in [-0.1, -0.05) is 0 Å². The van der Waals surface area contributed by atoms with Crippen molar-refractivity contribution in [3.8, 4) is 0 Å². The van der Waals surface area contributed by atoms with Crippen LogP contribution in [0.15, 0.2) is 0 Å². The number of carbonyl (C=O) groups is 3. The van der Waals surface area contributed by atoms with Gasteiger partial charge < -0.3 is 13.6 Å². The van der Waals surface area contributed by atoms with Gasteiger partial charge in [0.2, 0.25) is 16.6 Å². The Kier molecular flexibility index (Phi) is 7.31. The average Bonchev–Trinajstić information content (AvgIpc) is 2.21. The monoisotopic (exact) mass is 334 g/mol. The van der Waals surface area contributed by atoms with E-state index in [4.69, 9.17) is 13.6 Å². The van der Waals surface area contributed by atoms with Crippen molar-refractivity contribution in [1.82, 2.24) is 0 Å². The molecule has 0 bridgehead atoms. The first-order chi connectivity index (χ1) is 9.30.